The molecule has 1 aromatic carbocycles. The third-order valence-corrected chi connectivity index (χ3v) is 5.16. The smallest absolute Gasteiger partial charge is 0.328 e. The van der Waals surface area contributed by atoms with E-state index >= 15 is 0 Å². The van der Waals surface area contributed by atoms with Crippen molar-refractivity contribution < 1.29 is 29.0 Å². The molecule has 0 aliphatic rings. The highest BCUT2D eigenvalue weighted by Gasteiger charge is 2.30. The molecule has 0 aliphatic heterocycles. The Bertz CT molecular complexity index is 892. The van der Waals surface area contributed by atoms with Crippen molar-refractivity contribution in [3.05, 3.63) is 33.8 Å². The molecule has 13 heteroatoms. The van der Waals surface area contributed by atoms with E-state index < -0.39 is 36.1 Å². The van der Waals surface area contributed by atoms with E-state index in [9.17, 15) is 24.3 Å². The highest BCUT2D eigenvalue weighted by atomic mass is 35.5. The van der Waals surface area contributed by atoms with Gasteiger partial charge in [0.2, 0.25) is 5.91 Å². The molecule has 0 heterocycles. The van der Waals surface area contributed by atoms with E-state index in [1.807, 2.05) is 0 Å². The van der Waals surface area contributed by atoms with Crippen molar-refractivity contribution in [1.82, 2.24) is 10.4 Å². The number of nitrogens with two attached hydrogens (primary N) is 2. The summed E-state index contributed by atoms with van der Waals surface area (Å²) in [5.74, 6) is -3.30. The molecule has 0 aromatic heterocycles. The Kier molecular flexibility index (Phi) is 12.2. The molecule has 0 saturated heterocycles. The first-order valence-electron chi connectivity index (χ1n) is 9.91. The number of guanidine groups is 1. The number of aliphatic carboxylic acids is 1. The number of carboxylic acids is 1. The van der Waals surface area contributed by atoms with Crippen LogP contribution in [0.2, 0.25) is 10.0 Å². The lowest BCUT2D eigenvalue weighted by atomic mass is 10.1. The summed E-state index contributed by atoms with van der Waals surface area (Å²) in [4.78, 5) is 51.9. The number of esters is 1. The number of hydrogen-bond acceptors (Lipinski definition) is 7. The number of nitrogens with one attached hydrogen (secondary N) is 1. The Morgan fingerprint density at radius 1 is 1.18 bits per heavy atom. The van der Waals surface area contributed by atoms with Crippen LogP contribution in [0.5, 0.6) is 0 Å². The van der Waals surface area contributed by atoms with Crippen LogP contribution in [0.3, 0.4) is 0 Å². The standard InChI is InChI=1S/C20H27Cl2N5O6/c1-33-18(30)7-5-13(28)10-17(29)27(16(19(31)32)3-2-8-25-20(23)24)26-11-12-4-6-14(21)15(22)9-12/h4,6,9,16,26H,2-3,5,7-8,10-11H2,1H3,(H,31,32)(H4,23,24,25)/t16-/m0/s1. The second kappa shape index (κ2) is 14.3. The average Bonchev–Trinajstić information content (AvgIpc) is 2.75. The predicted molar refractivity (Wildman–Crippen MR) is 122 cm³/mol. The summed E-state index contributed by atoms with van der Waals surface area (Å²) >= 11 is 11.9. The van der Waals surface area contributed by atoms with Crippen molar-refractivity contribution in [2.45, 2.75) is 44.7 Å². The normalized spacial score (nSPS) is 11.4. The van der Waals surface area contributed by atoms with Gasteiger partial charge in [-0.2, -0.15) is 0 Å². The Labute approximate surface area is 201 Å². The number of amides is 1. The number of benzene rings is 1. The van der Waals surface area contributed by atoms with E-state index in [0.717, 1.165) is 5.01 Å². The van der Waals surface area contributed by atoms with Crippen LogP contribution in [-0.2, 0) is 30.5 Å². The number of carboxylic acid groups (broad SMARTS) is 1. The van der Waals surface area contributed by atoms with Crippen LogP contribution in [0.15, 0.2) is 23.2 Å². The van der Waals surface area contributed by atoms with Crippen LogP contribution in [0.25, 0.3) is 0 Å². The van der Waals surface area contributed by atoms with Gasteiger partial charge in [-0.3, -0.25) is 24.4 Å². The zero-order chi connectivity index (χ0) is 25.0. The van der Waals surface area contributed by atoms with Crippen LogP contribution in [0.1, 0.15) is 37.7 Å². The molecule has 1 aromatic rings. The number of carbonyl (C=O) groups excluding carboxylic acids is 3. The highest BCUT2D eigenvalue weighted by molar-refractivity contribution is 6.42. The largest absolute Gasteiger partial charge is 0.480 e. The van der Waals surface area contributed by atoms with E-state index in [0.29, 0.717) is 15.6 Å². The van der Waals surface area contributed by atoms with Crippen LogP contribution in [0.4, 0.5) is 0 Å². The lowest BCUT2D eigenvalue weighted by Crippen LogP contribution is -2.53. The van der Waals surface area contributed by atoms with Gasteiger partial charge in [-0.1, -0.05) is 29.3 Å². The molecule has 33 heavy (non-hydrogen) atoms. The summed E-state index contributed by atoms with van der Waals surface area (Å²) < 4.78 is 4.47. The molecule has 1 atom stereocenters. The predicted octanol–water partition coefficient (Wildman–Crippen LogP) is 1.25. The summed E-state index contributed by atoms with van der Waals surface area (Å²) in [5.41, 5.74) is 13.9. The lowest BCUT2D eigenvalue weighted by molar-refractivity contribution is -0.155. The summed E-state index contributed by atoms with van der Waals surface area (Å²) in [7, 11) is 1.19. The molecule has 0 fully saturated rings. The number of nitrogens with zero attached hydrogens (tertiary/aromatic N) is 2. The van der Waals surface area contributed by atoms with Gasteiger partial charge in [0.05, 0.1) is 30.0 Å². The van der Waals surface area contributed by atoms with E-state index in [2.05, 4.69) is 15.2 Å². The monoisotopic (exact) mass is 503 g/mol. The number of carbonyl (C=O) groups is 4. The zero-order valence-corrected chi connectivity index (χ0v) is 19.6. The average molecular weight is 504 g/mol. The topological polar surface area (TPSA) is 177 Å². The maximum atomic E-state index is 12.8. The van der Waals surface area contributed by atoms with E-state index in [1.54, 1.807) is 18.2 Å². The number of hydrogen-bond donors (Lipinski definition) is 4. The highest BCUT2D eigenvalue weighted by Crippen LogP contribution is 2.22. The molecule has 6 N–H and O–H groups in total. The number of rotatable bonds is 14. The van der Waals surface area contributed by atoms with Crippen molar-refractivity contribution >= 4 is 52.8 Å². The number of methoxy groups -OCH3 is 1. The Balaban J connectivity index is 2.98. The van der Waals surface area contributed by atoms with Gasteiger partial charge >= 0.3 is 11.9 Å². The van der Waals surface area contributed by atoms with E-state index in [-0.39, 0.29) is 44.7 Å². The number of ketones is 1. The van der Waals surface area contributed by atoms with Crippen LogP contribution in [0, 0.1) is 0 Å². The van der Waals surface area contributed by atoms with Crippen molar-refractivity contribution in [3.8, 4) is 0 Å². The van der Waals surface area contributed by atoms with Crippen molar-refractivity contribution in [2.75, 3.05) is 13.7 Å². The van der Waals surface area contributed by atoms with Crippen molar-refractivity contribution in [1.29, 1.82) is 0 Å². The Morgan fingerprint density at radius 3 is 2.45 bits per heavy atom. The fraction of sp³-hybridized carbons (Fsp3) is 0.450. The van der Waals surface area contributed by atoms with Gasteiger partial charge in [-0.05, 0) is 30.5 Å². The molecular formula is C20H27Cl2N5O6. The van der Waals surface area contributed by atoms with Gasteiger partial charge in [0.25, 0.3) is 0 Å². The minimum Gasteiger partial charge on any atom is -0.480 e. The zero-order valence-electron chi connectivity index (χ0n) is 18.1. The summed E-state index contributed by atoms with van der Waals surface area (Å²) in [6, 6.07) is 3.48. The summed E-state index contributed by atoms with van der Waals surface area (Å²) in [5, 5.41) is 11.2. The van der Waals surface area contributed by atoms with Crippen molar-refractivity contribution in [2.24, 2.45) is 16.5 Å². The molecule has 0 unspecified atom stereocenters. The first-order valence-corrected chi connectivity index (χ1v) is 10.7. The van der Waals surface area contributed by atoms with Crippen LogP contribution >= 0.6 is 23.2 Å². The van der Waals surface area contributed by atoms with Gasteiger partial charge in [-0.15, -0.1) is 0 Å². The van der Waals surface area contributed by atoms with Gasteiger partial charge in [0, 0.05) is 19.5 Å². The first kappa shape index (κ1) is 28.1. The summed E-state index contributed by atoms with van der Waals surface area (Å²) in [6.07, 6.45) is -0.698. The van der Waals surface area contributed by atoms with Gasteiger partial charge in [-0.25, -0.2) is 10.2 Å². The molecule has 11 nitrogen and oxygen atoms in total. The quantitative estimate of drug-likeness (QED) is 0.0725. The SMILES string of the molecule is COC(=O)CCC(=O)CC(=O)N(NCc1ccc(Cl)c(Cl)c1)[C@@H](CCCN=C(N)N)C(=O)O. The maximum Gasteiger partial charge on any atom is 0.328 e. The molecule has 1 rings (SSSR count). The van der Waals surface area contributed by atoms with Crippen molar-refractivity contribution in [3.63, 3.8) is 0 Å². The fourth-order valence-electron chi connectivity index (χ4n) is 2.74. The fourth-order valence-corrected chi connectivity index (χ4v) is 3.06. The molecule has 0 aliphatic carbocycles. The molecule has 0 radical (unpaired) electrons. The minimum atomic E-state index is -1.30. The number of Topliss-reactive ketones (excluding diaryl/α,β-unsaturated/α-hetero) is 1. The molecule has 1 amide bonds. The first-order chi connectivity index (χ1) is 15.5. The molecular weight excluding hydrogens is 477 g/mol. The van der Waals surface area contributed by atoms with Gasteiger partial charge in [0.15, 0.2) is 5.96 Å². The molecule has 0 bridgehead atoms. The lowest BCUT2D eigenvalue weighted by Gasteiger charge is -2.29. The molecule has 0 spiro atoms. The number of halogens is 2. The number of hydrazine groups is 1. The van der Waals surface area contributed by atoms with Gasteiger partial charge < -0.3 is 21.3 Å². The summed E-state index contributed by atoms with van der Waals surface area (Å²) in [6.45, 7) is 0.204. The molecule has 182 valence electrons. The van der Waals surface area contributed by atoms with Gasteiger partial charge in [0.1, 0.15) is 11.8 Å². The van der Waals surface area contributed by atoms with Crippen LogP contribution < -0.4 is 16.9 Å². The third-order valence-electron chi connectivity index (χ3n) is 4.42. The third kappa shape index (κ3) is 10.5. The van der Waals surface area contributed by atoms with E-state index in [1.165, 1.54) is 7.11 Å². The maximum absolute atomic E-state index is 12.8. The minimum absolute atomic E-state index is 0.0164. The second-order valence-corrected chi connectivity index (χ2v) is 7.76. The number of ether oxygens (including phenoxy) is 1. The Hall–Kier alpha value is -2.89. The Morgan fingerprint density at radius 2 is 1.88 bits per heavy atom. The number of aliphatic imine (C=N–C) groups is 1. The van der Waals surface area contributed by atoms with Crippen LogP contribution in [-0.4, -0.2) is 59.4 Å². The molecule has 0 saturated carbocycles. The second-order valence-electron chi connectivity index (χ2n) is 6.94. The van der Waals surface area contributed by atoms with E-state index in [4.69, 9.17) is 34.7 Å².